The molecule has 2 N–H and O–H groups in total. The van der Waals surface area contributed by atoms with Gasteiger partial charge in [0.25, 0.3) is 11.8 Å². The summed E-state index contributed by atoms with van der Waals surface area (Å²) in [6.07, 6.45) is 0. The fraction of sp³-hybridized carbons (Fsp3) is 0.250. The van der Waals surface area contributed by atoms with E-state index in [2.05, 4.69) is 30.9 Å². The van der Waals surface area contributed by atoms with Crippen molar-refractivity contribution in [1.82, 2.24) is 35.8 Å². The Morgan fingerprint density at radius 3 is 3.03 bits per heavy atom. The van der Waals surface area contributed by atoms with Crippen LogP contribution >= 0.6 is 0 Å². The largest absolute Gasteiger partial charge is 0.484 e. The molecule has 1 atom stereocenters. The van der Waals surface area contributed by atoms with E-state index in [1.807, 2.05) is 48.5 Å². The lowest BCUT2D eigenvalue weighted by atomic mass is 10.1. The smallest absolute Gasteiger partial charge is 0.261 e. The number of carbonyl (C=O) groups is 1. The van der Waals surface area contributed by atoms with Crippen LogP contribution < -0.4 is 10.1 Å². The van der Waals surface area contributed by atoms with Gasteiger partial charge in [0.15, 0.2) is 6.61 Å². The predicted octanol–water partition coefficient (Wildman–Crippen LogP) is 1.56. The molecule has 5 rings (SSSR count). The molecule has 10 nitrogen and oxygen atoms in total. The Morgan fingerprint density at radius 2 is 2.13 bits per heavy atom. The molecule has 0 radical (unpaired) electrons. The van der Waals surface area contributed by atoms with Gasteiger partial charge in [-0.2, -0.15) is 4.98 Å². The number of ether oxygens (including phenoxy) is 1. The van der Waals surface area contributed by atoms with E-state index < -0.39 is 0 Å². The Labute approximate surface area is 171 Å². The van der Waals surface area contributed by atoms with Crippen molar-refractivity contribution < 1.29 is 14.1 Å². The van der Waals surface area contributed by atoms with Crippen molar-refractivity contribution in [1.29, 1.82) is 0 Å². The average molecular weight is 405 g/mol. The van der Waals surface area contributed by atoms with Gasteiger partial charge in [-0.3, -0.25) is 9.89 Å². The average Bonchev–Trinajstić information content (AvgIpc) is 3.47. The number of aromatic nitrogens is 5. The summed E-state index contributed by atoms with van der Waals surface area (Å²) in [5.41, 5.74) is 2.31. The molecule has 1 aliphatic heterocycles. The van der Waals surface area contributed by atoms with Crippen molar-refractivity contribution in [2.45, 2.75) is 6.04 Å². The molecule has 0 spiro atoms. The molecule has 1 saturated heterocycles. The standard InChI is InChI=1S/C20H19N7O3/c28-18(12-29-14-4-2-1-3-5-14)27-9-8-21-11-17(27)20-22-19(25-30-20)13-6-7-15-16(10-13)24-26-23-15/h1-7,10,17,21H,8-9,11-12H2,(H,23,24,26)/t17-/m1/s1. The minimum absolute atomic E-state index is 0.0513. The van der Waals surface area contributed by atoms with Crippen molar-refractivity contribution in [2.24, 2.45) is 0 Å². The van der Waals surface area contributed by atoms with Crippen LogP contribution in [0.3, 0.4) is 0 Å². The van der Waals surface area contributed by atoms with Crippen LogP contribution in [-0.4, -0.2) is 62.6 Å². The molecule has 2 aromatic heterocycles. The Balaban J connectivity index is 1.33. The number of carbonyl (C=O) groups excluding carboxylic acids is 1. The van der Waals surface area contributed by atoms with E-state index in [0.717, 1.165) is 11.1 Å². The van der Waals surface area contributed by atoms with Crippen LogP contribution in [0, 0.1) is 0 Å². The number of aromatic amines is 1. The van der Waals surface area contributed by atoms with E-state index in [-0.39, 0.29) is 18.6 Å². The highest BCUT2D eigenvalue weighted by atomic mass is 16.5. The first-order valence-corrected chi connectivity index (χ1v) is 9.61. The number of H-pyrrole nitrogens is 1. The maximum atomic E-state index is 12.8. The van der Waals surface area contributed by atoms with Crippen LogP contribution in [0.4, 0.5) is 0 Å². The monoisotopic (exact) mass is 405 g/mol. The molecule has 1 aliphatic rings. The first-order valence-electron chi connectivity index (χ1n) is 9.61. The van der Waals surface area contributed by atoms with Crippen LogP contribution in [0.15, 0.2) is 53.1 Å². The molecular weight excluding hydrogens is 386 g/mol. The second-order valence-electron chi connectivity index (χ2n) is 6.91. The number of nitrogens with one attached hydrogen (secondary N) is 2. The molecular formula is C20H19N7O3. The van der Waals surface area contributed by atoms with Gasteiger partial charge >= 0.3 is 0 Å². The Bertz CT molecular complexity index is 1160. The molecule has 30 heavy (non-hydrogen) atoms. The molecule has 0 aliphatic carbocycles. The van der Waals surface area contributed by atoms with Gasteiger partial charge in [0.05, 0.1) is 5.52 Å². The van der Waals surface area contributed by atoms with Gasteiger partial charge < -0.3 is 19.5 Å². The Kier molecular flexibility index (Phi) is 4.81. The first-order chi connectivity index (χ1) is 14.8. The first kappa shape index (κ1) is 18.3. The number of para-hydroxylation sites is 1. The minimum atomic E-state index is -0.359. The van der Waals surface area contributed by atoms with E-state index in [1.54, 1.807) is 4.90 Å². The second-order valence-corrected chi connectivity index (χ2v) is 6.91. The van der Waals surface area contributed by atoms with Gasteiger partial charge in [-0.1, -0.05) is 28.6 Å². The van der Waals surface area contributed by atoms with Crippen molar-refractivity contribution in [3.8, 4) is 17.1 Å². The van der Waals surface area contributed by atoms with Crippen LogP contribution in [-0.2, 0) is 4.79 Å². The molecule has 1 fully saturated rings. The van der Waals surface area contributed by atoms with Gasteiger partial charge in [0.2, 0.25) is 5.82 Å². The number of piperazine rings is 1. The fourth-order valence-corrected chi connectivity index (χ4v) is 3.44. The van der Waals surface area contributed by atoms with E-state index in [1.165, 1.54) is 0 Å². The molecule has 2 aromatic carbocycles. The maximum Gasteiger partial charge on any atom is 0.261 e. The quantitative estimate of drug-likeness (QED) is 0.513. The number of hydrogen-bond donors (Lipinski definition) is 2. The van der Waals surface area contributed by atoms with E-state index in [4.69, 9.17) is 9.26 Å². The van der Waals surface area contributed by atoms with Crippen molar-refractivity contribution in [3.05, 3.63) is 54.4 Å². The van der Waals surface area contributed by atoms with Crippen molar-refractivity contribution >= 4 is 16.9 Å². The molecule has 0 saturated carbocycles. The lowest BCUT2D eigenvalue weighted by molar-refractivity contribution is -0.137. The Hall–Kier alpha value is -3.79. The van der Waals surface area contributed by atoms with Crippen molar-refractivity contribution in [2.75, 3.05) is 26.2 Å². The molecule has 152 valence electrons. The summed E-state index contributed by atoms with van der Waals surface area (Å²) in [7, 11) is 0. The third-order valence-electron chi connectivity index (χ3n) is 4.98. The number of hydrogen-bond acceptors (Lipinski definition) is 8. The number of rotatable bonds is 5. The van der Waals surface area contributed by atoms with Crippen molar-refractivity contribution in [3.63, 3.8) is 0 Å². The number of nitrogens with zero attached hydrogens (tertiary/aromatic N) is 5. The van der Waals surface area contributed by atoms with Gasteiger partial charge in [-0.05, 0) is 30.3 Å². The molecule has 0 unspecified atom stereocenters. The second kappa shape index (κ2) is 7.91. The van der Waals surface area contributed by atoms with E-state index in [9.17, 15) is 4.79 Å². The zero-order chi connectivity index (χ0) is 20.3. The third kappa shape index (κ3) is 3.60. The van der Waals surface area contributed by atoms with Crippen LogP contribution in [0.1, 0.15) is 11.9 Å². The highest BCUT2D eigenvalue weighted by Crippen LogP contribution is 2.25. The molecule has 10 heteroatoms. The molecule has 3 heterocycles. The van der Waals surface area contributed by atoms with Gasteiger partial charge in [0.1, 0.15) is 17.3 Å². The number of amides is 1. The fourth-order valence-electron chi connectivity index (χ4n) is 3.44. The summed E-state index contributed by atoms with van der Waals surface area (Å²) in [5.74, 6) is 1.34. The third-order valence-corrected chi connectivity index (χ3v) is 4.98. The topological polar surface area (TPSA) is 122 Å². The lowest BCUT2D eigenvalue weighted by Gasteiger charge is -2.33. The van der Waals surface area contributed by atoms with Gasteiger partial charge in [-0.25, -0.2) is 0 Å². The highest BCUT2D eigenvalue weighted by Gasteiger charge is 2.32. The van der Waals surface area contributed by atoms with E-state index >= 15 is 0 Å². The summed E-state index contributed by atoms with van der Waals surface area (Å²) >= 11 is 0. The van der Waals surface area contributed by atoms with Crippen LogP contribution in [0.2, 0.25) is 0 Å². The number of benzene rings is 2. The Morgan fingerprint density at radius 1 is 1.23 bits per heavy atom. The number of fused-ring (bicyclic) bond motifs is 1. The van der Waals surface area contributed by atoms with Crippen LogP contribution in [0.5, 0.6) is 5.75 Å². The summed E-state index contributed by atoms with van der Waals surface area (Å²) in [4.78, 5) is 19.1. The summed E-state index contributed by atoms with van der Waals surface area (Å²) < 4.78 is 11.1. The van der Waals surface area contributed by atoms with Crippen LogP contribution in [0.25, 0.3) is 22.4 Å². The van der Waals surface area contributed by atoms with Gasteiger partial charge in [0, 0.05) is 25.2 Å². The SMILES string of the molecule is O=C(COc1ccccc1)N1CCNC[C@@H]1c1nc(-c2ccc3[nH]nnc3c2)no1. The normalized spacial score (nSPS) is 16.7. The minimum Gasteiger partial charge on any atom is -0.484 e. The lowest BCUT2D eigenvalue weighted by Crippen LogP contribution is -2.50. The molecule has 1 amide bonds. The highest BCUT2D eigenvalue weighted by molar-refractivity contribution is 5.79. The summed E-state index contributed by atoms with van der Waals surface area (Å²) in [6.45, 7) is 1.70. The predicted molar refractivity (Wildman–Crippen MR) is 106 cm³/mol. The maximum absolute atomic E-state index is 12.8. The summed E-state index contributed by atoms with van der Waals surface area (Å²) in [6, 6.07) is 14.5. The van der Waals surface area contributed by atoms with E-state index in [0.29, 0.717) is 42.6 Å². The zero-order valence-corrected chi connectivity index (χ0v) is 16.0. The van der Waals surface area contributed by atoms with Gasteiger partial charge in [-0.15, -0.1) is 5.10 Å². The molecule has 4 aromatic rings. The molecule has 0 bridgehead atoms. The summed E-state index contributed by atoms with van der Waals surface area (Å²) in [5, 5.41) is 18.0. The zero-order valence-electron chi connectivity index (χ0n) is 16.0.